The molecule has 0 saturated carbocycles. The molecule has 0 amide bonds. The van der Waals surface area contributed by atoms with Crippen LogP contribution in [0.25, 0.3) is 0 Å². The number of aliphatic hydroxyl groups is 2. The summed E-state index contributed by atoms with van der Waals surface area (Å²) in [4.78, 5) is 11.8. The molecule has 0 saturated heterocycles. The summed E-state index contributed by atoms with van der Waals surface area (Å²) in [6.45, 7) is 4.55. The van der Waals surface area contributed by atoms with Crippen LogP contribution in [0.5, 0.6) is 0 Å². The minimum atomic E-state index is -4.50. The number of ether oxygens (including phenoxy) is 1. The number of alkyl halides is 3. The van der Waals surface area contributed by atoms with Gasteiger partial charge < -0.3 is 20.3 Å². The monoisotopic (exact) mass is 505 g/mol. The molecule has 34 heavy (non-hydrogen) atoms. The Hall–Kier alpha value is -2.13. The number of halogens is 4. The van der Waals surface area contributed by atoms with Crippen molar-refractivity contribution in [2.75, 3.05) is 19.8 Å². The van der Waals surface area contributed by atoms with E-state index in [1.54, 1.807) is 0 Å². The maximum Gasteiger partial charge on any atom is 0.408 e. The Bertz CT molecular complexity index is 875. The van der Waals surface area contributed by atoms with Gasteiger partial charge in [0.05, 0.1) is 12.5 Å². The van der Waals surface area contributed by atoms with E-state index in [-0.39, 0.29) is 36.0 Å². The average molecular weight is 506 g/mol. The predicted molar refractivity (Wildman–Crippen MR) is 125 cm³/mol. The Morgan fingerprint density at radius 3 is 2.68 bits per heavy atom. The predicted octanol–water partition coefficient (Wildman–Crippen LogP) is 2.77. The molecule has 0 fully saturated rings. The molecule has 190 valence electrons. The van der Waals surface area contributed by atoms with E-state index < -0.39 is 31.0 Å². The summed E-state index contributed by atoms with van der Waals surface area (Å²) in [5.41, 5.74) is 0.765. The van der Waals surface area contributed by atoms with Gasteiger partial charge in [-0.15, -0.1) is 0 Å². The van der Waals surface area contributed by atoms with Gasteiger partial charge in [0.1, 0.15) is 30.0 Å². The number of hydrogen-bond acceptors (Lipinski definition) is 6. The zero-order valence-electron chi connectivity index (χ0n) is 19.4. The molecule has 0 spiro atoms. The average Bonchev–Trinajstić information content (AvgIpc) is 2.76. The van der Waals surface area contributed by atoms with E-state index in [0.717, 1.165) is 5.71 Å². The topological polar surface area (TPSA) is 111 Å². The maximum atomic E-state index is 12.6. The first kappa shape index (κ1) is 28.1. The van der Waals surface area contributed by atoms with E-state index in [4.69, 9.17) is 16.3 Å². The highest BCUT2D eigenvalue weighted by atomic mass is 35.5. The molecule has 0 radical (unpaired) electrons. The lowest BCUT2D eigenvalue weighted by molar-refractivity contribution is -0.118. The molecule has 5 atom stereocenters. The molecule has 3 unspecified atom stereocenters. The lowest BCUT2D eigenvalue weighted by Gasteiger charge is -2.32. The van der Waals surface area contributed by atoms with Gasteiger partial charge in [0, 0.05) is 12.3 Å². The quantitative estimate of drug-likeness (QED) is 0.284. The number of aliphatic imine (C=N–C) groups is 3. The fourth-order valence-corrected chi connectivity index (χ4v) is 3.59. The van der Waals surface area contributed by atoms with Gasteiger partial charge in [-0.05, 0) is 38.7 Å². The molecule has 4 N–H and O–H groups in total. The summed E-state index contributed by atoms with van der Waals surface area (Å²) in [7, 11) is 0. The van der Waals surface area contributed by atoms with Crippen LogP contribution in [0.15, 0.2) is 26.9 Å². The molecule has 0 bridgehead atoms. The number of guanidine groups is 1. The van der Waals surface area contributed by atoms with E-state index in [9.17, 15) is 23.4 Å². The molecule has 2 heterocycles. The number of rotatable bonds is 9. The second-order valence-corrected chi connectivity index (χ2v) is 8.36. The SMILES string of the molecule is CCOC1=CCC(C#CC2C(Cl)=NC(=NCC(F)(F)F)NC2N[C@H](O)C[C@H](CC)CO)C(C)=N1. The van der Waals surface area contributed by atoms with Crippen molar-refractivity contribution in [3.8, 4) is 11.8 Å². The summed E-state index contributed by atoms with van der Waals surface area (Å²) in [5, 5.41) is 25.5. The van der Waals surface area contributed by atoms with Gasteiger partial charge in [-0.3, -0.25) is 5.32 Å². The molecule has 12 heteroatoms. The van der Waals surface area contributed by atoms with E-state index in [2.05, 4.69) is 37.5 Å². The highest BCUT2D eigenvalue weighted by Gasteiger charge is 2.33. The fraction of sp³-hybridized carbons (Fsp3) is 0.682. The van der Waals surface area contributed by atoms with Gasteiger partial charge in [-0.25, -0.2) is 15.0 Å². The summed E-state index contributed by atoms with van der Waals surface area (Å²) in [6, 6.07) is 0. The number of nitrogens with one attached hydrogen (secondary N) is 2. The van der Waals surface area contributed by atoms with Crippen LogP contribution in [0.4, 0.5) is 13.2 Å². The van der Waals surface area contributed by atoms with Crippen LogP contribution in [0.2, 0.25) is 0 Å². The molecular weight excluding hydrogens is 475 g/mol. The van der Waals surface area contributed by atoms with Gasteiger partial charge in [0.25, 0.3) is 0 Å². The van der Waals surface area contributed by atoms with Gasteiger partial charge in [-0.1, -0.05) is 36.8 Å². The van der Waals surface area contributed by atoms with Crippen molar-refractivity contribution in [2.45, 2.75) is 58.6 Å². The highest BCUT2D eigenvalue weighted by Crippen LogP contribution is 2.21. The van der Waals surface area contributed by atoms with Crippen molar-refractivity contribution in [3.05, 3.63) is 12.0 Å². The van der Waals surface area contributed by atoms with Crippen molar-refractivity contribution in [1.29, 1.82) is 0 Å². The zero-order valence-corrected chi connectivity index (χ0v) is 20.1. The fourth-order valence-electron chi connectivity index (χ4n) is 3.33. The van der Waals surface area contributed by atoms with Gasteiger partial charge >= 0.3 is 6.18 Å². The lowest BCUT2D eigenvalue weighted by Crippen LogP contribution is -2.57. The first-order valence-electron chi connectivity index (χ1n) is 11.1. The molecule has 2 aliphatic heterocycles. The second kappa shape index (κ2) is 13.1. The first-order valence-corrected chi connectivity index (χ1v) is 11.5. The minimum absolute atomic E-state index is 0.0537. The molecule has 0 aromatic carbocycles. The van der Waals surface area contributed by atoms with E-state index >= 15 is 0 Å². The van der Waals surface area contributed by atoms with Crippen LogP contribution in [0.3, 0.4) is 0 Å². The molecule has 0 aliphatic carbocycles. The Morgan fingerprint density at radius 2 is 2.09 bits per heavy atom. The highest BCUT2D eigenvalue weighted by molar-refractivity contribution is 6.67. The molecule has 0 aromatic heterocycles. The Morgan fingerprint density at radius 1 is 1.35 bits per heavy atom. The Balaban J connectivity index is 2.24. The Kier molecular flexibility index (Phi) is 10.8. The number of nitrogens with zero attached hydrogens (tertiary/aromatic N) is 3. The third-order valence-electron chi connectivity index (χ3n) is 5.28. The molecular formula is C22H31ClF3N5O3. The van der Waals surface area contributed by atoms with E-state index in [0.29, 0.717) is 25.3 Å². The summed E-state index contributed by atoms with van der Waals surface area (Å²) in [5.74, 6) is 5.25. The molecule has 2 aliphatic rings. The van der Waals surface area contributed by atoms with Crippen molar-refractivity contribution in [1.82, 2.24) is 10.6 Å². The van der Waals surface area contributed by atoms with Crippen molar-refractivity contribution >= 4 is 28.4 Å². The van der Waals surface area contributed by atoms with Crippen LogP contribution < -0.4 is 10.6 Å². The smallest absolute Gasteiger partial charge is 0.408 e. The summed E-state index contributed by atoms with van der Waals surface area (Å²) < 4.78 is 43.2. The van der Waals surface area contributed by atoms with Gasteiger partial charge in [0.15, 0.2) is 0 Å². The third kappa shape index (κ3) is 8.91. The largest absolute Gasteiger partial charge is 0.478 e. The molecule has 0 aromatic rings. The van der Waals surface area contributed by atoms with Crippen LogP contribution in [0.1, 0.15) is 40.0 Å². The minimum Gasteiger partial charge on any atom is -0.478 e. The van der Waals surface area contributed by atoms with Crippen LogP contribution in [-0.2, 0) is 4.74 Å². The molecule has 2 rings (SSSR count). The lowest BCUT2D eigenvalue weighted by atomic mass is 9.96. The number of allylic oxidation sites excluding steroid dienone is 1. The van der Waals surface area contributed by atoms with Crippen LogP contribution in [-0.4, -0.2) is 65.4 Å². The van der Waals surface area contributed by atoms with E-state index in [1.165, 1.54) is 0 Å². The van der Waals surface area contributed by atoms with Crippen molar-refractivity contribution < 1.29 is 28.1 Å². The van der Waals surface area contributed by atoms with Crippen molar-refractivity contribution in [3.63, 3.8) is 0 Å². The van der Waals surface area contributed by atoms with Crippen LogP contribution in [0, 0.1) is 29.6 Å². The number of aliphatic hydroxyl groups excluding tert-OH is 2. The first-order chi connectivity index (χ1) is 16.1. The summed E-state index contributed by atoms with van der Waals surface area (Å²) in [6.07, 6.45) is -3.13. The normalized spacial score (nSPS) is 25.9. The second-order valence-electron chi connectivity index (χ2n) is 7.97. The standard InChI is InChI=1S/C22H31ClF3N5O3/c1-4-14(11-32)10-17(33)29-20-16(19(23)30-21(31-20)27-12-22(24,25)26)8-6-15-7-9-18(34-5-2)28-13(15)3/h9,14-17,20,29,32-33H,4-5,7,10-12H2,1-3H3,(H,27,31)/t14-,15?,16?,17+,20?/m0/s1. The van der Waals surface area contributed by atoms with Crippen LogP contribution >= 0.6 is 11.6 Å². The Labute approximate surface area is 202 Å². The van der Waals surface area contributed by atoms with Gasteiger partial charge in [0.2, 0.25) is 11.8 Å². The summed E-state index contributed by atoms with van der Waals surface area (Å²) >= 11 is 6.31. The van der Waals surface area contributed by atoms with E-state index in [1.807, 2.05) is 26.8 Å². The van der Waals surface area contributed by atoms with Crippen molar-refractivity contribution in [2.24, 2.45) is 32.7 Å². The molecule has 8 nitrogen and oxygen atoms in total. The van der Waals surface area contributed by atoms with Gasteiger partial charge in [-0.2, -0.15) is 13.2 Å². The zero-order chi connectivity index (χ0) is 25.3. The third-order valence-corrected chi connectivity index (χ3v) is 5.60. The number of hydrogen-bond donors (Lipinski definition) is 4. The maximum absolute atomic E-state index is 12.6.